The molecule has 0 aromatic heterocycles. The van der Waals surface area contributed by atoms with Crippen LogP contribution in [0.4, 0.5) is 4.79 Å². The van der Waals surface area contributed by atoms with Gasteiger partial charge >= 0.3 is 6.03 Å². The van der Waals surface area contributed by atoms with Gasteiger partial charge in [-0.05, 0) is 42.5 Å². The van der Waals surface area contributed by atoms with E-state index in [2.05, 4.69) is 5.32 Å². The Bertz CT molecular complexity index is 1270. The maximum Gasteiger partial charge on any atom is 0.325 e. The van der Waals surface area contributed by atoms with Crippen LogP contribution in [-0.2, 0) is 25.0 Å². The van der Waals surface area contributed by atoms with E-state index in [-0.39, 0.29) is 23.5 Å². The summed E-state index contributed by atoms with van der Waals surface area (Å²) >= 11 is 0. The molecule has 0 radical (unpaired) electrons. The van der Waals surface area contributed by atoms with E-state index in [1.54, 1.807) is 11.8 Å². The lowest BCUT2D eigenvalue weighted by Gasteiger charge is -2.35. The highest BCUT2D eigenvalue weighted by Crippen LogP contribution is 2.35. The molecule has 1 saturated carbocycles. The van der Waals surface area contributed by atoms with Crippen LogP contribution < -0.4 is 5.32 Å². The SMILES string of the molecule is CC1(c2cccc3ccccc23)NC(=O)N(CC(=O)N(C2CCCC2)C2CCS(=O)(=O)C2)C1=O. The van der Waals surface area contributed by atoms with Crippen LogP contribution in [0.25, 0.3) is 10.8 Å². The van der Waals surface area contributed by atoms with Gasteiger partial charge in [-0.3, -0.25) is 14.5 Å². The number of rotatable bonds is 5. The maximum atomic E-state index is 13.6. The topological polar surface area (TPSA) is 104 Å². The van der Waals surface area contributed by atoms with Crippen molar-refractivity contribution < 1.29 is 22.8 Å². The zero-order chi connectivity index (χ0) is 24.1. The maximum absolute atomic E-state index is 13.6. The van der Waals surface area contributed by atoms with E-state index in [0.717, 1.165) is 41.4 Å². The summed E-state index contributed by atoms with van der Waals surface area (Å²) in [5, 5.41) is 4.62. The zero-order valence-electron chi connectivity index (χ0n) is 19.2. The first-order valence-electron chi connectivity index (χ1n) is 11.8. The van der Waals surface area contributed by atoms with E-state index in [9.17, 15) is 22.8 Å². The molecule has 4 amide bonds. The van der Waals surface area contributed by atoms with E-state index in [0.29, 0.717) is 12.0 Å². The molecule has 2 heterocycles. The third-order valence-corrected chi connectivity index (χ3v) is 9.25. The molecule has 0 spiro atoms. The number of carbonyl (C=O) groups is 3. The number of urea groups is 1. The summed E-state index contributed by atoms with van der Waals surface area (Å²) in [7, 11) is -3.18. The second-order valence-corrected chi connectivity index (χ2v) is 12.0. The summed E-state index contributed by atoms with van der Waals surface area (Å²) in [5.74, 6) is -0.827. The molecule has 3 aliphatic rings. The highest BCUT2D eigenvalue weighted by Gasteiger charge is 2.51. The van der Waals surface area contributed by atoms with Crippen molar-refractivity contribution in [3.8, 4) is 0 Å². The number of nitrogens with one attached hydrogen (secondary N) is 1. The monoisotopic (exact) mass is 483 g/mol. The van der Waals surface area contributed by atoms with E-state index < -0.39 is 39.9 Å². The largest absolute Gasteiger partial charge is 0.334 e. The van der Waals surface area contributed by atoms with Crippen molar-refractivity contribution in [2.45, 2.75) is 56.7 Å². The summed E-state index contributed by atoms with van der Waals surface area (Å²) in [6.45, 7) is 1.27. The average Bonchev–Trinajstić information content (AvgIpc) is 3.50. The van der Waals surface area contributed by atoms with Crippen LogP contribution >= 0.6 is 0 Å². The number of benzene rings is 2. The van der Waals surface area contributed by atoms with E-state index in [1.807, 2.05) is 42.5 Å². The van der Waals surface area contributed by atoms with Gasteiger partial charge in [-0.15, -0.1) is 0 Å². The number of carbonyl (C=O) groups excluding carboxylic acids is 3. The number of hydrogen-bond acceptors (Lipinski definition) is 5. The lowest BCUT2D eigenvalue weighted by Crippen LogP contribution is -2.51. The van der Waals surface area contributed by atoms with Crippen molar-refractivity contribution in [2.75, 3.05) is 18.1 Å². The van der Waals surface area contributed by atoms with E-state index in [4.69, 9.17) is 0 Å². The van der Waals surface area contributed by atoms with Crippen LogP contribution in [0.3, 0.4) is 0 Å². The van der Waals surface area contributed by atoms with Crippen LogP contribution in [0.2, 0.25) is 0 Å². The molecule has 2 aliphatic heterocycles. The molecule has 2 aromatic carbocycles. The number of sulfone groups is 1. The second kappa shape index (κ2) is 8.37. The molecule has 2 saturated heterocycles. The Balaban J connectivity index is 1.42. The van der Waals surface area contributed by atoms with Gasteiger partial charge in [-0.25, -0.2) is 13.2 Å². The lowest BCUT2D eigenvalue weighted by atomic mass is 9.88. The smallest absolute Gasteiger partial charge is 0.325 e. The van der Waals surface area contributed by atoms with Gasteiger partial charge in [0, 0.05) is 12.1 Å². The first-order valence-corrected chi connectivity index (χ1v) is 13.7. The molecule has 2 aromatic rings. The van der Waals surface area contributed by atoms with Gasteiger partial charge in [0.2, 0.25) is 5.91 Å². The van der Waals surface area contributed by atoms with Crippen molar-refractivity contribution in [1.29, 1.82) is 0 Å². The third-order valence-electron chi connectivity index (χ3n) is 7.50. The van der Waals surface area contributed by atoms with E-state index in [1.165, 1.54) is 0 Å². The van der Waals surface area contributed by atoms with Crippen LogP contribution in [-0.4, -0.2) is 66.2 Å². The van der Waals surface area contributed by atoms with Crippen molar-refractivity contribution in [3.05, 3.63) is 48.0 Å². The van der Waals surface area contributed by atoms with Crippen LogP contribution in [0, 0.1) is 0 Å². The Morgan fingerprint density at radius 2 is 1.76 bits per heavy atom. The number of fused-ring (bicyclic) bond motifs is 1. The van der Waals surface area contributed by atoms with Gasteiger partial charge in [0.15, 0.2) is 9.84 Å². The van der Waals surface area contributed by atoms with Crippen molar-refractivity contribution in [3.63, 3.8) is 0 Å². The average molecular weight is 484 g/mol. The molecule has 1 aliphatic carbocycles. The predicted octanol–water partition coefficient (Wildman–Crippen LogP) is 2.57. The molecule has 3 fully saturated rings. The fraction of sp³-hybridized carbons (Fsp3) is 0.480. The molecular weight excluding hydrogens is 454 g/mol. The fourth-order valence-corrected chi connectivity index (χ4v) is 7.50. The predicted molar refractivity (Wildman–Crippen MR) is 128 cm³/mol. The van der Waals surface area contributed by atoms with E-state index >= 15 is 0 Å². The Morgan fingerprint density at radius 3 is 2.47 bits per heavy atom. The van der Waals surface area contributed by atoms with Gasteiger partial charge in [0.1, 0.15) is 12.1 Å². The Kier molecular flexibility index (Phi) is 5.62. The molecule has 2 unspecified atom stereocenters. The molecule has 180 valence electrons. The molecule has 2 atom stereocenters. The van der Waals surface area contributed by atoms with Crippen molar-refractivity contribution in [2.24, 2.45) is 0 Å². The van der Waals surface area contributed by atoms with Crippen LogP contribution in [0.5, 0.6) is 0 Å². The van der Waals surface area contributed by atoms with Crippen molar-refractivity contribution in [1.82, 2.24) is 15.1 Å². The summed E-state index contributed by atoms with van der Waals surface area (Å²) in [5.41, 5.74) is -0.624. The van der Waals surface area contributed by atoms with Gasteiger partial charge in [-0.2, -0.15) is 0 Å². The van der Waals surface area contributed by atoms with Crippen molar-refractivity contribution >= 4 is 38.5 Å². The molecule has 5 rings (SSSR count). The Labute approximate surface area is 199 Å². The molecule has 0 bridgehead atoms. The third kappa shape index (κ3) is 3.85. The first-order chi connectivity index (χ1) is 16.2. The summed E-state index contributed by atoms with van der Waals surface area (Å²) in [6, 6.07) is 12.2. The van der Waals surface area contributed by atoms with Crippen LogP contribution in [0.15, 0.2) is 42.5 Å². The second-order valence-electron chi connectivity index (χ2n) is 9.77. The zero-order valence-corrected chi connectivity index (χ0v) is 20.0. The molecule has 9 heteroatoms. The molecule has 34 heavy (non-hydrogen) atoms. The van der Waals surface area contributed by atoms with Gasteiger partial charge in [-0.1, -0.05) is 55.3 Å². The molecule has 1 N–H and O–H groups in total. The Morgan fingerprint density at radius 1 is 1.06 bits per heavy atom. The van der Waals surface area contributed by atoms with Gasteiger partial charge < -0.3 is 10.2 Å². The lowest BCUT2D eigenvalue weighted by molar-refractivity contribution is -0.141. The standard InChI is InChI=1S/C25H29N3O5S/c1-25(21-12-6-8-17-7-2-5-11-20(17)21)23(30)27(24(31)26-25)15-22(29)28(18-9-3-4-10-18)19-13-14-34(32,33)16-19/h2,5-8,11-12,18-19H,3-4,9-10,13-16H2,1H3,(H,26,31). The highest BCUT2D eigenvalue weighted by molar-refractivity contribution is 7.91. The number of nitrogens with zero attached hydrogens (tertiary/aromatic N) is 2. The quantitative estimate of drug-likeness (QED) is 0.659. The normalized spacial score (nSPS) is 26.9. The number of imide groups is 1. The minimum atomic E-state index is -3.18. The van der Waals surface area contributed by atoms with Gasteiger partial charge in [0.05, 0.1) is 11.5 Å². The summed E-state index contributed by atoms with van der Waals surface area (Å²) in [6.07, 6.45) is 4.00. The number of amides is 4. The van der Waals surface area contributed by atoms with Gasteiger partial charge in [0.25, 0.3) is 5.91 Å². The highest BCUT2D eigenvalue weighted by atomic mass is 32.2. The number of hydrogen-bond donors (Lipinski definition) is 1. The first kappa shape index (κ1) is 22.8. The molecular formula is C25H29N3O5S. The minimum Gasteiger partial charge on any atom is -0.334 e. The summed E-state index contributed by atoms with van der Waals surface area (Å²) < 4.78 is 24.2. The molecule has 8 nitrogen and oxygen atoms in total. The summed E-state index contributed by atoms with van der Waals surface area (Å²) in [4.78, 5) is 42.6. The minimum absolute atomic E-state index is 0.0454. The van der Waals surface area contributed by atoms with Crippen LogP contribution in [0.1, 0.15) is 44.6 Å². The Hall–Kier alpha value is -2.94. The fourth-order valence-electron chi connectivity index (χ4n) is 5.78.